The lowest BCUT2D eigenvalue weighted by atomic mass is 9.85. The Bertz CT molecular complexity index is 1310. The number of hydrogen-bond donors (Lipinski definition) is 1. The lowest BCUT2D eigenvalue weighted by molar-refractivity contribution is -0.154. The Labute approximate surface area is 250 Å². The summed E-state index contributed by atoms with van der Waals surface area (Å²) in [5.74, 6) is -0.417. The summed E-state index contributed by atoms with van der Waals surface area (Å²) in [5, 5.41) is 3.02. The Balaban J connectivity index is 2.21. The van der Waals surface area contributed by atoms with Crippen LogP contribution in [0.3, 0.4) is 0 Å². The normalized spacial score (nSPS) is 16.7. The number of nitrogens with zero attached hydrogens (tertiary/aromatic N) is 1. The average molecular weight is 573 g/mol. The quantitative estimate of drug-likeness (QED) is 0.150. The molecule has 42 heavy (non-hydrogen) atoms. The average Bonchev–Trinajstić information content (AvgIpc) is 2.97. The van der Waals surface area contributed by atoms with E-state index in [9.17, 15) is 14.0 Å². The molecule has 0 spiro atoms. The first-order valence-corrected chi connectivity index (χ1v) is 14.8. The van der Waals surface area contributed by atoms with Crippen molar-refractivity contribution >= 4 is 23.1 Å². The number of rotatable bonds is 13. The Morgan fingerprint density at radius 1 is 1.14 bits per heavy atom. The van der Waals surface area contributed by atoms with Gasteiger partial charge in [-0.1, -0.05) is 69.0 Å². The van der Waals surface area contributed by atoms with E-state index in [4.69, 9.17) is 4.74 Å². The van der Waals surface area contributed by atoms with Gasteiger partial charge in [-0.2, -0.15) is 0 Å². The number of amides is 1. The molecule has 1 unspecified atom stereocenters. The van der Waals surface area contributed by atoms with E-state index < -0.39 is 0 Å². The van der Waals surface area contributed by atoms with Crippen molar-refractivity contribution in [3.63, 3.8) is 0 Å². The summed E-state index contributed by atoms with van der Waals surface area (Å²) >= 11 is 0. The summed E-state index contributed by atoms with van der Waals surface area (Å²) in [6, 6.07) is 16.3. The van der Waals surface area contributed by atoms with E-state index in [2.05, 4.69) is 44.5 Å². The molecule has 1 heterocycles. The van der Waals surface area contributed by atoms with Gasteiger partial charge in [0.2, 0.25) is 5.91 Å². The Hall–Kier alpha value is -3.93. The predicted molar refractivity (Wildman–Crippen MR) is 169 cm³/mol. The largest absolute Gasteiger partial charge is 0.462 e. The van der Waals surface area contributed by atoms with Crippen molar-refractivity contribution in [1.82, 2.24) is 10.2 Å². The van der Waals surface area contributed by atoms with Crippen LogP contribution in [0.5, 0.6) is 0 Å². The second-order valence-electron chi connectivity index (χ2n) is 11.5. The van der Waals surface area contributed by atoms with Crippen LogP contribution in [0.15, 0.2) is 91.2 Å². The number of cyclic esters (lactones) is 1. The number of carbonyl (C=O) groups excluding carboxylic acids is 2. The lowest BCUT2D eigenvalue weighted by Crippen LogP contribution is -2.48. The van der Waals surface area contributed by atoms with Gasteiger partial charge in [-0.15, -0.1) is 0 Å². The van der Waals surface area contributed by atoms with Crippen molar-refractivity contribution in [2.75, 3.05) is 6.54 Å². The van der Waals surface area contributed by atoms with E-state index in [1.807, 2.05) is 43.3 Å². The minimum atomic E-state index is -0.361. The Kier molecular flexibility index (Phi) is 11.9. The third-order valence-corrected chi connectivity index (χ3v) is 8.13. The monoisotopic (exact) mass is 572 g/mol. The van der Waals surface area contributed by atoms with Gasteiger partial charge < -0.3 is 15.0 Å². The first-order chi connectivity index (χ1) is 20.1. The molecule has 1 aliphatic heterocycles. The van der Waals surface area contributed by atoms with Gasteiger partial charge in [0.05, 0.1) is 6.42 Å². The number of halogens is 1. The number of esters is 1. The molecule has 3 rings (SSSR count). The first-order valence-electron chi connectivity index (χ1n) is 14.8. The van der Waals surface area contributed by atoms with E-state index in [1.54, 1.807) is 30.4 Å². The van der Waals surface area contributed by atoms with Crippen LogP contribution in [-0.2, 0) is 14.3 Å². The highest BCUT2D eigenvalue weighted by Gasteiger charge is 2.35. The SMILES string of the molecule is C=C/C=C\C(=C/C)NC(=O)C/C(=C(/c1ccc(F)cc1)N(CCC1CCCC(=O)O1)C(C)(C)C(C)C)c1ccccc1. The van der Waals surface area contributed by atoms with Gasteiger partial charge >= 0.3 is 5.97 Å². The van der Waals surface area contributed by atoms with Crippen LogP contribution >= 0.6 is 0 Å². The second-order valence-corrected chi connectivity index (χ2v) is 11.5. The highest BCUT2D eigenvalue weighted by molar-refractivity contribution is 5.99. The minimum absolute atomic E-state index is 0.0963. The van der Waals surface area contributed by atoms with Crippen LogP contribution in [0.1, 0.15) is 77.8 Å². The van der Waals surface area contributed by atoms with Crippen LogP contribution in [0, 0.1) is 11.7 Å². The van der Waals surface area contributed by atoms with Gasteiger partial charge in [-0.3, -0.25) is 9.59 Å². The molecule has 1 atom stereocenters. The predicted octanol–water partition coefficient (Wildman–Crippen LogP) is 8.07. The highest BCUT2D eigenvalue weighted by Crippen LogP contribution is 2.39. The zero-order chi connectivity index (χ0) is 30.7. The second kappa shape index (κ2) is 15.3. The van der Waals surface area contributed by atoms with Gasteiger partial charge in [0.15, 0.2) is 0 Å². The molecule has 1 aliphatic rings. The van der Waals surface area contributed by atoms with E-state index in [-0.39, 0.29) is 41.7 Å². The number of nitrogens with one attached hydrogen (secondary N) is 1. The summed E-state index contributed by atoms with van der Waals surface area (Å²) in [6.45, 7) is 14.9. The van der Waals surface area contributed by atoms with Gasteiger partial charge in [-0.05, 0) is 86.6 Å². The molecular weight excluding hydrogens is 527 g/mol. The summed E-state index contributed by atoms with van der Waals surface area (Å²) in [4.78, 5) is 28.0. The summed E-state index contributed by atoms with van der Waals surface area (Å²) in [5.41, 5.74) is 3.73. The molecule has 0 saturated carbocycles. The molecule has 0 radical (unpaired) electrons. The molecule has 1 saturated heterocycles. The molecule has 6 heteroatoms. The fourth-order valence-electron chi connectivity index (χ4n) is 5.06. The fourth-order valence-corrected chi connectivity index (χ4v) is 5.06. The molecule has 1 fully saturated rings. The van der Waals surface area contributed by atoms with Crippen LogP contribution in [0.2, 0.25) is 0 Å². The van der Waals surface area contributed by atoms with Crippen LogP contribution in [0.25, 0.3) is 11.3 Å². The van der Waals surface area contributed by atoms with E-state index in [0.717, 1.165) is 35.2 Å². The lowest BCUT2D eigenvalue weighted by Gasteiger charge is -2.46. The number of ether oxygens (including phenoxy) is 1. The van der Waals surface area contributed by atoms with Crippen LogP contribution in [-0.4, -0.2) is 35.0 Å². The molecule has 1 amide bonds. The van der Waals surface area contributed by atoms with Gasteiger partial charge in [0.1, 0.15) is 11.9 Å². The van der Waals surface area contributed by atoms with Gasteiger partial charge in [-0.25, -0.2) is 4.39 Å². The first kappa shape index (κ1) is 32.6. The van der Waals surface area contributed by atoms with Crippen molar-refractivity contribution in [2.24, 2.45) is 5.92 Å². The summed E-state index contributed by atoms with van der Waals surface area (Å²) in [6.07, 6.45) is 9.77. The maximum Gasteiger partial charge on any atom is 0.306 e. The standard InChI is InChI=1S/C36H45FN2O3/c1-7-9-16-30(8-2)38-33(40)25-32(27-14-11-10-12-15-27)35(28-19-21-29(37)22-20-28)39(36(5,6)26(3)4)24-23-31-17-13-18-34(41)42-31/h7-12,14-16,19-22,26,31H,1,13,17-18,23-25H2,2-6H3,(H,38,40)/b16-9-,30-8+,35-32+. The van der Waals surface area contributed by atoms with E-state index in [0.29, 0.717) is 25.1 Å². The third kappa shape index (κ3) is 8.78. The highest BCUT2D eigenvalue weighted by atomic mass is 19.1. The van der Waals surface area contributed by atoms with Crippen LogP contribution < -0.4 is 5.32 Å². The third-order valence-electron chi connectivity index (χ3n) is 8.13. The number of benzene rings is 2. The smallest absolute Gasteiger partial charge is 0.306 e. The molecule has 2 aromatic rings. The maximum absolute atomic E-state index is 14.2. The molecule has 5 nitrogen and oxygen atoms in total. The summed E-state index contributed by atoms with van der Waals surface area (Å²) in [7, 11) is 0. The molecule has 0 aromatic heterocycles. The molecule has 0 bridgehead atoms. The Morgan fingerprint density at radius 3 is 2.43 bits per heavy atom. The molecular formula is C36H45FN2O3. The maximum atomic E-state index is 14.2. The summed E-state index contributed by atoms with van der Waals surface area (Å²) < 4.78 is 19.9. The van der Waals surface area contributed by atoms with Gasteiger partial charge in [0, 0.05) is 36.3 Å². The van der Waals surface area contributed by atoms with E-state index >= 15 is 0 Å². The van der Waals surface area contributed by atoms with Crippen molar-refractivity contribution in [3.8, 4) is 0 Å². The zero-order valence-corrected chi connectivity index (χ0v) is 25.7. The number of allylic oxidation sites excluding steroid dienone is 4. The topological polar surface area (TPSA) is 58.6 Å². The van der Waals surface area contributed by atoms with E-state index in [1.165, 1.54) is 12.1 Å². The van der Waals surface area contributed by atoms with Crippen molar-refractivity contribution in [1.29, 1.82) is 0 Å². The van der Waals surface area contributed by atoms with Crippen molar-refractivity contribution in [2.45, 2.75) is 78.4 Å². The Morgan fingerprint density at radius 2 is 1.83 bits per heavy atom. The molecule has 224 valence electrons. The van der Waals surface area contributed by atoms with Crippen molar-refractivity contribution in [3.05, 3.63) is 108 Å². The van der Waals surface area contributed by atoms with Crippen molar-refractivity contribution < 1.29 is 18.7 Å². The fraction of sp³-hybridized carbons (Fsp3) is 0.389. The van der Waals surface area contributed by atoms with Gasteiger partial charge in [0.25, 0.3) is 0 Å². The minimum Gasteiger partial charge on any atom is -0.462 e. The molecule has 1 N–H and O–H groups in total. The van der Waals surface area contributed by atoms with Crippen LogP contribution in [0.4, 0.5) is 4.39 Å². The number of hydrogen-bond acceptors (Lipinski definition) is 4. The zero-order valence-electron chi connectivity index (χ0n) is 25.7. The number of carbonyl (C=O) groups is 2. The molecule has 0 aliphatic carbocycles. The molecule has 2 aromatic carbocycles.